The quantitative estimate of drug-likeness (QED) is 0.598. The average Bonchev–Trinajstić information content (AvgIpc) is 2.45. The Balaban J connectivity index is 2.22. The lowest BCUT2D eigenvalue weighted by Crippen LogP contribution is -2.29. The minimum absolute atomic E-state index is 0.0447. The van der Waals surface area contributed by atoms with Gasteiger partial charge in [0.2, 0.25) is 0 Å². The number of hydrogen-bond acceptors (Lipinski definition) is 2. The van der Waals surface area contributed by atoms with Gasteiger partial charge >= 0.3 is 0 Å². The first kappa shape index (κ1) is 15.0. The molecule has 0 atom stereocenters. The number of hydrogen-bond donors (Lipinski definition) is 3. The van der Waals surface area contributed by atoms with Crippen molar-refractivity contribution in [2.75, 3.05) is 0 Å². The van der Waals surface area contributed by atoms with E-state index in [0.717, 1.165) is 16.8 Å². The number of nitrogens with one attached hydrogen (secondary N) is 2. The normalized spacial score (nSPS) is 11.2. The molecule has 0 saturated heterocycles. The molecule has 0 aliphatic carbocycles. The first-order chi connectivity index (χ1) is 9.86. The fourth-order valence-electron chi connectivity index (χ4n) is 2.10. The van der Waals surface area contributed by atoms with E-state index in [4.69, 9.17) is 11.1 Å². The van der Waals surface area contributed by atoms with Gasteiger partial charge in [0, 0.05) is 6.20 Å². The highest BCUT2D eigenvalue weighted by Gasteiger charge is 2.13. The van der Waals surface area contributed by atoms with Crippen molar-refractivity contribution in [1.82, 2.24) is 10.3 Å². The third-order valence-electron chi connectivity index (χ3n) is 3.36. The van der Waals surface area contributed by atoms with E-state index in [-0.39, 0.29) is 11.4 Å². The van der Waals surface area contributed by atoms with Crippen LogP contribution in [0.15, 0.2) is 42.6 Å². The molecule has 4 N–H and O–H groups in total. The van der Waals surface area contributed by atoms with E-state index in [9.17, 15) is 0 Å². The van der Waals surface area contributed by atoms with Crippen molar-refractivity contribution in [3.63, 3.8) is 0 Å². The zero-order chi connectivity index (χ0) is 15.5. The Hall–Kier alpha value is -2.36. The summed E-state index contributed by atoms with van der Waals surface area (Å²) in [4.78, 5) is 4.28. The Morgan fingerprint density at radius 2 is 1.81 bits per heavy atom. The van der Waals surface area contributed by atoms with Gasteiger partial charge in [-0.15, -0.1) is 0 Å². The number of guanidine groups is 1. The maximum Gasteiger partial charge on any atom is 0.186 e. The van der Waals surface area contributed by atoms with Crippen molar-refractivity contribution in [1.29, 1.82) is 5.41 Å². The standard InChI is InChI=1S/C17H22N4/c1-17(2,3)14-6-4-12(5-7-14)13-8-9-20-15(10-13)11-21-16(18)19/h4-10H,11H2,1-3H3,(H4,18,19,21). The van der Waals surface area contributed by atoms with Gasteiger partial charge in [-0.2, -0.15) is 0 Å². The Kier molecular flexibility index (Phi) is 4.26. The molecular weight excluding hydrogens is 260 g/mol. The molecular formula is C17H22N4. The molecule has 0 saturated carbocycles. The van der Waals surface area contributed by atoms with E-state index < -0.39 is 0 Å². The summed E-state index contributed by atoms with van der Waals surface area (Å²) in [5.41, 5.74) is 9.91. The van der Waals surface area contributed by atoms with Gasteiger partial charge in [-0.3, -0.25) is 10.4 Å². The molecule has 0 aliphatic heterocycles. The minimum Gasteiger partial charge on any atom is -0.370 e. The maximum atomic E-state index is 7.18. The molecule has 110 valence electrons. The maximum absolute atomic E-state index is 7.18. The lowest BCUT2D eigenvalue weighted by atomic mass is 9.86. The molecule has 2 aromatic rings. The predicted octanol–water partition coefficient (Wildman–Crippen LogP) is 3.03. The van der Waals surface area contributed by atoms with Crippen molar-refractivity contribution < 1.29 is 0 Å². The van der Waals surface area contributed by atoms with Crippen molar-refractivity contribution in [2.24, 2.45) is 5.73 Å². The molecule has 0 spiro atoms. The van der Waals surface area contributed by atoms with Crippen LogP contribution in [0.5, 0.6) is 0 Å². The summed E-state index contributed by atoms with van der Waals surface area (Å²) in [6, 6.07) is 12.6. The molecule has 0 amide bonds. The van der Waals surface area contributed by atoms with Crippen LogP contribution in [0.2, 0.25) is 0 Å². The van der Waals surface area contributed by atoms with Gasteiger partial charge in [0.1, 0.15) is 0 Å². The second-order valence-corrected chi connectivity index (χ2v) is 6.13. The topological polar surface area (TPSA) is 74.8 Å². The smallest absolute Gasteiger partial charge is 0.186 e. The number of nitrogens with zero attached hydrogens (tertiary/aromatic N) is 1. The summed E-state index contributed by atoms with van der Waals surface area (Å²) in [5.74, 6) is -0.0447. The van der Waals surface area contributed by atoms with Crippen LogP contribution >= 0.6 is 0 Å². The fraction of sp³-hybridized carbons (Fsp3) is 0.294. The molecule has 0 bridgehead atoms. The number of nitrogens with two attached hydrogens (primary N) is 1. The first-order valence-corrected chi connectivity index (χ1v) is 7.00. The van der Waals surface area contributed by atoms with Gasteiger partial charge < -0.3 is 11.1 Å². The van der Waals surface area contributed by atoms with Crippen LogP contribution < -0.4 is 11.1 Å². The van der Waals surface area contributed by atoms with Crippen molar-refractivity contribution >= 4 is 5.96 Å². The molecule has 4 nitrogen and oxygen atoms in total. The third-order valence-corrected chi connectivity index (χ3v) is 3.36. The minimum atomic E-state index is -0.0447. The molecule has 2 rings (SSSR count). The summed E-state index contributed by atoms with van der Waals surface area (Å²) in [6.07, 6.45) is 1.78. The molecule has 21 heavy (non-hydrogen) atoms. The van der Waals surface area contributed by atoms with Crippen LogP contribution in [-0.4, -0.2) is 10.9 Å². The SMILES string of the molecule is CC(C)(C)c1ccc(-c2ccnc(CNC(=N)N)c2)cc1. The third kappa shape index (κ3) is 4.05. The number of benzene rings is 1. The van der Waals surface area contributed by atoms with Gasteiger partial charge in [-0.1, -0.05) is 45.0 Å². The molecule has 1 aromatic heterocycles. The molecule has 1 heterocycles. The molecule has 4 heteroatoms. The zero-order valence-electron chi connectivity index (χ0n) is 12.8. The van der Waals surface area contributed by atoms with E-state index in [1.54, 1.807) is 6.20 Å². The highest BCUT2D eigenvalue weighted by molar-refractivity contribution is 5.74. The summed E-state index contributed by atoms with van der Waals surface area (Å²) in [6.45, 7) is 7.09. The summed E-state index contributed by atoms with van der Waals surface area (Å²) >= 11 is 0. The van der Waals surface area contributed by atoms with Gasteiger partial charge in [0.15, 0.2) is 5.96 Å². The van der Waals surface area contributed by atoms with Crippen LogP contribution in [0.25, 0.3) is 11.1 Å². The van der Waals surface area contributed by atoms with E-state index in [1.807, 2.05) is 12.1 Å². The second kappa shape index (κ2) is 5.95. The van der Waals surface area contributed by atoms with Crippen LogP contribution in [0.1, 0.15) is 32.0 Å². The molecule has 1 aromatic carbocycles. The summed E-state index contributed by atoms with van der Waals surface area (Å²) in [7, 11) is 0. The monoisotopic (exact) mass is 282 g/mol. The Labute approximate surface area is 125 Å². The highest BCUT2D eigenvalue weighted by Crippen LogP contribution is 2.26. The van der Waals surface area contributed by atoms with Crippen LogP contribution in [0, 0.1) is 5.41 Å². The lowest BCUT2D eigenvalue weighted by Gasteiger charge is -2.19. The van der Waals surface area contributed by atoms with E-state index in [1.165, 1.54) is 5.56 Å². The van der Waals surface area contributed by atoms with E-state index >= 15 is 0 Å². The molecule has 0 radical (unpaired) electrons. The predicted molar refractivity (Wildman–Crippen MR) is 87.1 cm³/mol. The van der Waals surface area contributed by atoms with Crippen molar-refractivity contribution in [3.05, 3.63) is 53.9 Å². The van der Waals surface area contributed by atoms with Gasteiger partial charge in [-0.25, -0.2) is 0 Å². The Morgan fingerprint density at radius 3 is 2.38 bits per heavy atom. The van der Waals surface area contributed by atoms with Gasteiger partial charge in [-0.05, 0) is 34.2 Å². The zero-order valence-corrected chi connectivity index (χ0v) is 12.8. The van der Waals surface area contributed by atoms with Crippen LogP contribution in [0.4, 0.5) is 0 Å². The van der Waals surface area contributed by atoms with Crippen molar-refractivity contribution in [3.8, 4) is 11.1 Å². The fourth-order valence-corrected chi connectivity index (χ4v) is 2.10. The van der Waals surface area contributed by atoms with Crippen LogP contribution in [0.3, 0.4) is 0 Å². The Morgan fingerprint density at radius 1 is 1.14 bits per heavy atom. The van der Waals surface area contributed by atoms with Crippen LogP contribution in [-0.2, 0) is 12.0 Å². The lowest BCUT2D eigenvalue weighted by molar-refractivity contribution is 0.590. The second-order valence-electron chi connectivity index (χ2n) is 6.13. The largest absolute Gasteiger partial charge is 0.370 e. The number of rotatable bonds is 3. The summed E-state index contributed by atoms with van der Waals surface area (Å²) in [5, 5.41) is 9.95. The van der Waals surface area contributed by atoms with Gasteiger partial charge in [0.25, 0.3) is 0 Å². The molecule has 0 fully saturated rings. The average molecular weight is 282 g/mol. The molecule has 0 unspecified atom stereocenters. The summed E-state index contributed by atoms with van der Waals surface area (Å²) < 4.78 is 0. The van der Waals surface area contributed by atoms with E-state index in [2.05, 4.69) is 55.3 Å². The molecule has 0 aliphatic rings. The first-order valence-electron chi connectivity index (χ1n) is 7.00. The van der Waals surface area contributed by atoms with E-state index in [0.29, 0.717) is 6.54 Å². The number of pyridine rings is 1. The van der Waals surface area contributed by atoms with Gasteiger partial charge in [0.05, 0.1) is 12.2 Å². The van der Waals surface area contributed by atoms with Crippen molar-refractivity contribution in [2.45, 2.75) is 32.7 Å². The number of aromatic nitrogens is 1. The highest BCUT2D eigenvalue weighted by atomic mass is 15.0. The Bertz CT molecular complexity index is 624.